The number of H-pyrrole nitrogens is 1. The fraction of sp³-hybridized carbons (Fsp3) is 0.160. The van der Waals surface area contributed by atoms with E-state index in [9.17, 15) is 9.18 Å². The van der Waals surface area contributed by atoms with Gasteiger partial charge in [-0.2, -0.15) is 5.10 Å². The van der Waals surface area contributed by atoms with E-state index in [0.29, 0.717) is 17.9 Å². The Morgan fingerprint density at radius 1 is 1.03 bits per heavy atom. The lowest BCUT2D eigenvalue weighted by Crippen LogP contribution is -2.31. The molecule has 1 saturated heterocycles. The molecule has 164 valence electrons. The minimum atomic E-state index is -0.408. The second-order valence-electron chi connectivity index (χ2n) is 8.13. The Bertz CT molecular complexity index is 1420. The van der Waals surface area contributed by atoms with Gasteiger partial charge < -0.3 is 14.5 Å². The van der Waals surface area contributed by atoms with E-state index in [1.807, 2.05) is 53.7 Å². The number of halogens is 1. The van der Waals surface area contributed by atoms with E-state index in [4.69, 9.17) is 4.98 Å². The van der Waals surface area contributed by atoms with Gasteiger partial charge in [0.2, 0.25) is 0 Å². The highest BCUT2D eigenvalue weighted by atomic mass is 19.1. The van der Waals surface area contributed by atoms with Crippen LogP contribution in [-0.4, -0.2) is 41.7 Å². The van der Waals surface area contributed by atoms with E-state index in [0.717, 1.165) is 29.7 Å². The number of nitrogens with one attached hydrogen (secondary N) is 1. The number of imidazole rings is 1. The summed E-state index contributed by atoms with van der Waals surface area (Å²) in [6.07, 6.45) is 6.88. The maximum absolute atomic E-state index is 14.6. The van der Waals surface area contributed by atoms with Crippen LogP contribution in [0.4, 0.5) is 4.39 Å². The van der Waals surface area contributed by atoms with Gasteiger partial charge in [-0.3, -0.25) is 4.79 Å². The fourth-order valence-electron chi connectivity index (χ4n) is 4.60. The summed E-state index contributed by atoms with van der Waals surface area (Å²) in [5.41, 5.74) is 2.53. The zero-order valence-corrected chi connectivity index (χ0v) is 17.7. The molecule has 7 nitrogen and oxygen atoms in total. The highest BCUT2D eigenvalue weighted by molar-refractivity contribution is 5.97. The van der Waals surface area contributed by atoms with Crippen LogP contribution in [-0.2, 0) is 0 Å². The summed E-state index contributed by atoms with van der Waals surface area (Å²) in [7, 11) is 0. The van der Waals surface area contributed by atoms with Gasteiger partial charge in [-0.15, -0.1) is 0 Å². The van der Waals surface area contributed by atoms with Crippen molar-refractivity contribution in [3.05, 3.63) is 96.5 Å². The topological polar surface area (TPSA) is 71.7 Å². The monoisotopic (exact) mass is 440 g/mol. The van der Waals surface area contributed by atoms with Crippen molar-refractivity contribution in [2.45, 2.75) is 18.9 Å². The average Bonchev–Trinajstić information content (AvgIpc) is 3.63. The van der Waals surface area contributed by atoms with E-state index in [1.165, 1.54) is 16.9 Å². The molecule has 1 N–H and O–H groups in total. The Morgan fingerprint density at radius 3 is 2.64 bits per heavy atom. The van der Waals surface area contributed by atoms with Crippen molar-refractivity contribution in [1.82, 2.24) is 29.2 Å². The van der Waals surface area contributed by atoms with Crippen LogP contribution in [0, 0.1) is 5.82 Å². The van der Waals surface area contributed by atoms with Crippen molar-refractivity contribution in [3.63, 3.8) is 0 Å². The SMILES string of the molecule is O=C(c1cnn(-c2ccccc2F)c1-n1cccc1)N1CCCC1c1nc2ccccc2[nH]1. The Hall–Kier alpha value is -4.20. The van der Waals surface area contributed by atoms with Gasteiger partial charge in [0.05, 0.1) is 23.3 Å². The molecule has 1 aliphatic rings. The normalized spacial score (nSPS) is 16.0. The average molecular weight is 440 g/mol. The zero-order chi connectivity index (χ0) is 22.4. The van der Waals surface area contributed by atoms with Crippen LogP contribution in [0.2, 0.25) is 0 Å². The molecule has 1 unspecified atom stereocenters. The Labute approximate surface area is 189 Å². The molecule has 6 rings (SSSR count). The maximum Gasteiger partial charge on any atom is 0.259 e. The molecular formula is C25H21FN6O. The second-order valence-corrected chi connectivity index (χ2v) is 8.13. The highest BCUT2D eigenvalue weighted by Crippen LogP contribution is 2.34. The molecule has 1 fully saturated rings. The minimum absolute atomic E-state index is 0.149. The standard InChI is InChI=1S/C25H21FN6O/c26-18-8-1-4-11-21(18)32-24(30-13-5-6-14-30)17(16-27-32)25(33)31-15-7-12-22(31)23-28-19-9-2-3-10-20(19)29-23/h1-6,8-11,13-14,16,22H,7,12,15H2,(H,28,29). The van der Waals surface area contributed by atoms with Gasteiger partial charge >= 0.3 is 0 Å². The number of nitrogens with zero attached hydrogens (tertiary/aromatic N) is 5. The van der Waals surface area contributed by atoms with Crippen LogP contribution in [0.1, 0.15) is 35.1 Å². The number of aromatic amines is 1. The quantitative estimate of drug-likeness (QED) is 0.442. The first-order chi connectivity index (χ1) is 16.2. The number of benzene rings is 2. The van der Waals surface area contributed by atoms with Crippen molar-refractivity contribution in [2.75, 3.05) is 6.54 Å². The number of likely N-dealkylation sites (tertiary alicyclic amines) is 1. The predicted octanol–water partition coefficient (Wildman–Crippen LogP) is 4.66. The Balaban J connectivity index is 1.43. The summed E-state index contributed by atoms with van der Waals surface area (Å²) in [6.45, 7) is 0.622. The van der Waals surface area contributed by atoms with Crippen molar-refractivity contribution in [1.29, 1.82) is 0 Å². The van der Waals surface area contributed by atoms with Crippen LogP contribution in [0.3, 0.4) is 0 Å². The lowest BCUT2D eigenvalue weighted by atomic mass is 10.2. The fourth-order valence-corrected chi connectivity index (χ4v) is 4.60. The number of para-hydroxylation sites is 3. The zero-order valence-electron chi connectivity index (χ0n) is 17.7. The minimum Gasteiger partial charge on any atom is -0.340 e. The number of carbonyl (C=O) groups is 1. The smallest absolute Gasteiger partial charge is 0.259 e. The molecule has 0 bridgehead atoms. The number of aromatic nitrogens is 5. The molecule has 0 spiro atoms. The van der Waals surface area contributed by atoms with Gasteiger partial charge in [-0.1, -0.05) is 24.3 Å². The lowest BCUT2D eigenvalue weighted by molar-refractivity contribution is 0.0730. The summed E-state index contributed by atoms with van der Waals surface area (Å²) < 4.78 is 17.9. The van der Waals surface area contributed by atoms with Crippen LogP contribution in [0.15, 0.2) is 79.3 Å². The Kier molecular flexibility index (Phi) is 4.57. The highest BCUT2D eigenvalue weighted by Gasteiger charge is 2.35. The summed E-state index contributed by atoms with van der Waals surface area (Å²) in [5, 5.41) is 4.41. The first-order valence-corrected chi connectivity index (χ1v) is 10.9. The third-order valence-electron chi connectivity index (χ3n) is 6.14. The molecule has 5 aromatic rings. The van der Waals surface area contributed by atoms with Crippen LogP contribution < -0.4 is 0 Å². The third-order valence-corrected chi connectivity index (χ3v) is 6.14. The van der Waals surface area contributed by atoms with Crippen LogP contribution in [0.5, 0.6) is 0 Å². The van der Waals surface area contributed by atoms with Crippen molar-refractivity contribution >= 4 is 16.9 Å². The number of rotatable bonds is 4. The molecule has 3 aromatic heterocycles. The lowest BCUT2D eigenvalue weighted by Gasteiger charge is -2.23. The molecule has 4 heterocycles. The summed E-state index contributed by atoms with van der Waals surface area (Å²) >= 11 is 0. The van der Waals surface area contributed by atoms with E-state index >= 15 is 0 Å². The first kappa shape index (κ1) is 19.5. The van der Waals surface area contributed by atoms with Crippen molar-refractivity contribution in [3.8, 4) is 11.5 Å². The number of fused-ring (bicyclic) bond motifs is 1. The van der Waals surface area contributed by atoms with E-state index < -0.39 is 5.82 Å². The molecule has 1 aliphatic heterocycles. The molecule has 0 aliphatic carbocycles. The summed E-state index contributed by atoms with van der Waals surface area (Å²) in [6, 6.07) is 17.8. The first-order valence-electron chi connectivity index (χ1n) is 10.9. The number of hydrogen-bond donors (Lipinski definition) is 1. The molecule has 1 atom stereocenters. The van der Waals surface area contributed by atoms with E-state index in [1.54, 1.807) is 22.8 Å². The van der Waals surface area contributed by atoms with Gasteiger partial charge in [0, 0.05) is 18.9 Å². The predicted molar refractivity (Wildman–Crippen MR) is 122 cm³/mol. The molecule has 0 radical (unpaired) electrons. The van der Waals surface area contributed by atoms with Gasteiger partial charge in [-0.25, -0.2) is 14.1 Å². The van der Waals surface area contributed by atoms with Crippen molar-refractivity contribution in [2.24, 2.45) is 0 Å². The molecule has 0 saturated carbocycles. The second kappa shape index (κ2) is 7.74. The Morgan fingerprint density at radius 2 is 1.82 bits per heavy atom. The van der Waals surface area contributed by atoms with E-state index in [2.05, 4.69) is 10.1 Å². The molecular weight excluding hydrogens is 419 g/mol. The maximum atomic E-state index is 14.6. The van der Waals surface area contributed by atoms with Crippen molar-refractivity contribution < 1.29 is 9.18 Å². The van der Waals surface area contributed by atoms with Gasteiger partial charge in [-0.05, 0) is 49.2 Å². The molecule has 33 heavy (non-hydrogen) atoms. The number of amides is 1. The van der Waals surface area contributed by atoms with Crippen LogP contribution in [0.25, 0.3) is 22.5 Å². The van der Waals surface area contributed by atoms with Crippen LogP contribution >= 0.6 is 0 Å². The van der Waals surface area contributed by atoms with E-state index in [-0.39, 0.29) is 17.6 Å². The molecule has 2 aromatic carbocycles. The third kappa shape index (κ3) is 3.22. The summed E-state index contributed by atoms with van der Waals surface area (Å²) in [4.78, 5) is 23.8. The summed E-state index contributed by atoms with van der Waals surface area (Å²) in [5.74, 6) is 0.731. The number of carbonyl (C=O) groups excluding carboxylic acids is 1. The molecule has 8 heteroatoms. The van der Waals surface area contributed by atoms with Gasteiger partial charge in [0.15, 0.2) is 5.82 Å². The number of hydrogen-bond acceptors (Lipinski definition) is 3. The van der Waals surface area contributed by atoms with Gasteiger partial charge in [0.1, 0.15) is 22.9 Å². The largest absolute Gasteiger partial charge is 0.340 e. The van der Waals surface area contributed by atoms with Gasteiger partial charge in [0.25, 0.3) is 5.91 Å². The molecule has 1 amide bonds.